The molecule has 2 aliphatic rings. The smallest absolute Gasteiger partial charge is 0.254 e. The van der Waals surface area contributed by atoms with Gasteiger partial charge in [-0.1, -0.05) is 18.2 Å². The first-order valence-electron chi connectivity index (χ1n) is 13.8. The van der Waals surface area contributed by atoms with Crippen LogP contribution in [0.5, 0.6) is 5.75 Å². The summed E-state index contributed by atoms with van der Waals surface area (Å²) in [6.45, 7) is 4.66. The number of carbonyl (C=O) groups is 3. The SMILES string of the molecule is COc1ccc(CC(=O)Nc2cc(C(=O)N3CCNCC3)ccc2N2CCN(C(=O)c3cccc(F)c3)CC2)cc1. The number of hydrogen-bond donors (Lipinski definition) is 2. The molecule has 0 spiro atoms. The Labute approximate surface area is 238 Å². The maximum Gasteiger partial charge on any atom is 0.254 e. The minimum Gasteiger partial charge on any atom is -0.497 e. The van der Waals surface area contributed by atoms with Crippen LogP contribution >= 0.6 is 0 Å². The first-order valence-corrected chi connectivity index (χ1v) is 13.8. The Morgan fingerprint density at radius 2 is 1.49 bits per heavy atom. The zero-order valence-corrected chi connectivity index (χ0v) is 23.1. The number of methoxy groups -OCH3 is 1. The lowest BCUT2D eigenvalue weighted by molar-refractivity contribution is -0.115. The molecule has 2 fully saturated rings. The molecular formula is C31H34FN5O4. The van der Waals surface area contributed by atoms with Gasteiger partial charge in [0.05, 0.1) is 24.9 Å². The average Bonchev–Trinajstić information content (AvgIpc) is 3.01. The normalized spacial score (nSPS) is 15.4. The number of nitrogens with one attached hydrogen (secondary N) is 2. The number of rotatable bonds is 7. The molecule has 3 aromatic carbocycles. The molecule has 10 heteroatoms. The van der Waals surface area contributed by atoms with Crippen LogP contribution in [-0.4, -0.2) is 87.0 Å². The fourth-order valence-corrected chi connectivity index (χ4v) is 5.17. The van der Waals surface area contributed by atoms with E-state index >= 15 is 0 Å². The maximum atomic E-state index is 13.7. The minimum atomic E-state index is -0.444. The van der Waals surface area contributed by atoms with Crippen LogP contribution < -0.4 is 20.3 Å². The summed E-state index contributed by atoms with van der Waals surface area (Å²) in [5.41, 5.74) is 3.00. The second kappa shape index (κ2) is 12.8. The van der Waals surface area contributed by atoms with E-state index in [0.29, 0.717) is 61.8 Å². The van der Waals surface area contributed by atoms with Gasteiger partial charge in [0.25, 0.3) is 11.8 Å². The first kappa shape index (κ1) is 28.1. The summed E-state index contributed by atoms with van der Waals surface area (Å²) in [6.07, 6.45) is 0.162. The summed E-state index contributed by atoms with van der Waals surface area (Å²) in [5.74, 6) is -0.225. The summed E-state index contributed by atoms with van der Waals surface area (Å²) in [5, 5.41) is 6.29. The molecule has 2 saturated heterocycles. The van der Waals surface area contributed by atoms with Crippen LogP contribution in [0.1, 0.15) is 26.3 Å². The van der Waals surface area contributed by atoms with Gasteiger partial charge in [-0.3, -0.25) is 14.4 Å². The van der Waals surface area contributed by atoms with E-state index in [1.807, 2.05) is 35.2 Å². The van der Waals surface area contributed by atoms with Crippen molar-refractivity contribution in [2.75, 3.05) is 69.7 Å². The Balaban J connectivity index is 1.33. The molecule has 41 heavy (non-hydrogen) atoms. The van der Waals surface area contributed by atoms with Gasteiger partial charge >= 0.3 is 0 Å². The van der Waals surface area contributed by atoms with Gasteiger partial charge in [-0.15, -0.1) is 0 Å². The van der Waals surface area contributed by atoms with Crippen LogP contribution in [0.15, 0.2) is 66.7 Å². The van der Waals surface area contributed by atoms with Gasteiger partial charge in [-0.05, 0) is 54.1 Å². The molecule has 9 nitrogen and oxygen atoms in total. The number of benzene rings is 3. The number of anilines is 2. The van der Waals surface area contributed by atoms with E-state index in [1.54, 1.807) is 30.2 Å². The quantitative estimate of drug-likeness (QED) is 0.462. The molecule has 0 aromatic heterocycles. The molecule has 0 unspecified atom stereocenters. The number of hydrogen-bond acceptors (Lipinski definition) is 6. The lowest BCUT2D eigenvalue weighted by atomic mass is 10.1. The summed E-state index contributed by atoms with van der Waals surface area (Å²) in [6, 6.07) is 18.4. The van der Waals surface area contributed by atoms with Crippen molar-refractivity contribution in [3.05, 3.63) is 89.2 Å². The molecule has 2 N–H and O–H groups in total. The Hall–Kier alpha value is -4.44. The fourth-order valence-electron chi connectivity index (χ4n) is 5.17. The molecule has 0 aliphatic carbocycles. The third-order valence-electron chi connectivity index (χ3n) is 7.42. The van der Waals surface area contributed by atoms with E-state index in [4.69, 9.17) is 4.74 Å². The maximum absolute atomic E-state index is 13.7. The van der Waals surface area contributed by atoms with Crippen molar-refractivity contribution in [1.29, 1.82) is 0 Å². The van der Waals surface area contributed by atoms with Crippen molar-refractivity contribution >= 4 is 29.1 Å². The number of amides is 3. The minimum absolute atomic E-state index is 0.0748. The zero-order valence-electron chi connectivity index (χ0n) is 23.1. The van der Waals surface area contributed by atoms with E-state index in [1.165, 1.54) is 18.2 Å². The van der Waals surface area contributed by atoms with E-state index in [-0.39, 0.29) is 24.1 Å². The predicted molar refractivity (Wildman–Crippen MR) is 155 cm³/mol. The standard InChI is InChI=1S/C31H34FN5O4/c1-41-26-8-5-22(6-9-26)19-29(38)34-27-21-24(31(40)36-13-11-33-12-14-36)7-10-28(27)35-15-17-37(18-16-35)30(39)23-3-2-4-25(32)20-23/h2-10,20-21,33H,11-19H2,1H3,(H,34,38). The molecule has 3 aromatic rings. The number of halogens is 1. The first-order chi connectivity index (χ1) is 19.9. The molecule has 5 rings (SSSR count). The second-order valence-corrected chi connectivity index (χ2v) is 10.1. The largest absolute Gasteiger partial charge is 0.497 e. The summed E-state index contributed by atoms with van der Waals surface area (Å²) >= 11 is 0. The number of nitrogens with zero attached hydrogens (tertiary/aromatic N) is 3. The molecule has 0 atom stereocenters. The lowest BCUT2D eigenvalue weighted by Crippen LogP contribution is -2.49. The van der Waals surface area contributed by atoms with Gasteiger partial charge in [0.1, 0.15) is 11.6 Å². The van der Waals surface area contributed by atoms with Crippen LogP contribution in [0.2, 0.25) is 0 Å². The van der Waals surface area contributed by atoms with Gasteiger partial charge in [-0.2, -0.15) is 0 Å². The summed E-state index contributed by atoms with van der Waals surface area (Å²) < 4.78 is 18.9. The highest BCUT2D eigenvalue weighted by Gasteiger charge is 2.26. The summed E-state index contributed by atoms with van der Waals surface area (Å²) in [4.78, 5) is 44.9. The van der Waals surface area contributed by atoms with E-state index in [2.05, 4.69) is 15.5 Å². The Morgan fingerprint density at radius 3 is 2.15 bits per heavy atom. The zero-order chi connectivity index (χ0) is 28.8. The van der Waals surface area contributed by atoms with Crippen molar-refractivity contribution in [1.82, 2.24) is 15.1 Å². The van der Waals surface area contributed by atoms with Gasteiger partial charge in [0, 0.05) is 63.5 Å². The van der Waals surface area contributed by atoms with Crippen LogP contribution in [0.3, 0.4) is 0 Å². The van der Waals surface area contributed by atoms with Crippen LogP contribution in [0, 0.1) is 5.82 Å². The second-order valence-electron chi connectivity index (χ2n) is 10.1. The molecule has 0 radical (unpaired) electrons. The van der Waals surface area contributed by atoms with Gasteiger partial charge < -0.3 is 30.1 Å². The fraction of sp³-hybridized carbons (Fsp3) is 0.323. The highest BCUT2D eigenvalue weighted by Crippen LogP contribution is 2.30. The Morgan fingerprint density at radius 1 is 0.829 bits per heavy atom. The van der Waals surface area contributed by atoms with Crippen LogP contribution in [0.25, 0.3) is 0 Å². The molecular weight excluding hydrogens is 525 g/mol. The topological polar surface area (TPSA) is 94.2 Å². The predicted octanol–water partition coefficient (Wildman–Crippen LogP) is 3.02. The van der Waals surface area contributed by atoms with Crippen molar-refractivity contribution in [2.24, 2.45) is 0 Å². The van der Waals surface area contributed by atoms with E-state index in [9.17, 15) is 18.8 Å². The number of piperazine rings is 2. The molecule has 214 valence electrons. The van der Waals surface area contributed by atoms with E-state index < -0.39 is 5.82 Å². The molecule has 3 amide bonds. The third-order valence-corrected chi connectivity index (χ3v) is 7.42. The highest BCUT2D eigenvalue weighted by molar-refractivity contribution is 6.00. The monoisotopic (exact) mass is 559 g/mol. The summed E-state index contributed by atoms with van der Waals surface area (Å²) in [7, 11) is 1.59. The van der Waals surface area contributed by atoms with Crippen molar-refractivity contribution in [3.63, 3.8) is 0 Å². The number of carbonyl (C=O) groups excluding carboxylic acids is 3. The van der Waals surface area contributed by atoms with Gasteiger partial charge in [0.2, 0.25) is 5.91 Å². The van der Waals surface area contributed by atoms with Crippen molar-refractivity contribution in [3.8, 4) is 5.75 Å². The Kier molecular flexibility index (Phi) is 8.79. The third kappa shape index (κ3) is 6.83. The molecule has 2 aliphatic heterocycles. The molecule has 0 bridgehead atoms. The van der Waals surface area contributed by atoms with Crippen molar-refractivity contribution in [2.45, 2.75) is 6.42 Å². The average molecular weight is 560 g/mol. The van der Waals surface area contributed by atoms with Crippen LogP contribution in [-0.2, 0) is 11.2 Å². The Bertz CT molecular complexity index is 1400. The number of ether oxygens (including phenoxy) is 1. The van der Waals surface area contributed by atoms with E-state index in [0.717, 1.165) is 24.3 Å². The highest BCUT2D eigenvalue weighted by atomic mass is 19.1. The molecule has 2 heterocycles. The van der Waals surface area contributed by atoms with Crippen LogP contribution in [0.4, 0.5) is 15.8 Å². The van der Waals surface area contributed by atoms with Gasteiger partial charge in [0.15, 0.2) is 0 Å². The molecule has 0 saturated carbocycles. The lowest BCUT2D eigenvalue weighted by Gasteiger charge is -2.37. The van der Waals surface area contributed by atoms with Crippen molar-refractivity contribution < 1.29 is 23.5 Å². The van der Waals surface area contributed by atoms with Gasteiger partial charge in [-0.25, -0.2) is 4.39 Å².